The first-order valence-corrected chi connectivity index (χ1v) is 6.36. The monoisotopic (exact) mass is 245 g/mol. The molecule has 0 bridgehead atoms. The van der Waals surface area contributed by atoms with E-state index in [1.807, 2.05) is 25.4 Å². The molecular weight excluding hydrogens is 226 g/mol. The van der Waals surface area contributed by atoms with Gasteiger partial charge in [0.2, 0.25) is 0 Å². The van der Waals surface area contributed by atoms with Crippen molar-refractivity contribution in [1.82, 2.24) is 19.7 Å². The van der Waals surface area contributed by atoms with Crippen LogP contribution in [-0.4, -0.2) is 26.3 Å². The number of aryl methyl sites for hydroxylation is 2. The van der Waals surface area contributed by atoms with E-state index in [9.17, 15) is 0 Å². The van der Waals surface area contributed by atoms with Crippen molar-refractivity contribution in [2.45, 2.75) is 33.6 Å². The number of hydrogen-bond acceptors (Lipinski definition) is 4. The van der Waals surface area contributed by atoms with Crippen LogP contribution >= 0.6 is 0 Å². The molecule has 0 spiro atoms. The third-order valence-electron chi connectivity index (χ3n) is 2.54. The maximum atomic E-state index is 4.54. The zero-order valence-electron chi connectivity index (χ0n) is 11.1. The van der Waals surface area contributed by atoms with E-state index >= 15 is 0 Å². The maximum Gasteiger partial charge on any atom is 0.159 e. The van der Waals surface area contributed by atoms with E-state index in [-0.39, 0.29) is 0 Å². The first-order valence-electron chi connectivity index (χ1n) is 6.36. The summed E-state index contributed by atoms with van der Waals surface area (Å²) in [6, 6.07) is 1.93. The van der Waals surface area contributed by atoms with E-state index in [1.54, 1.807) is 4.68 Å². The lowest BCUT2D eigenvalue weighted by Gasteiger charge is -2.08. The number of anilines is 1. The van der Waals surface area contributed by atoms with Crippen LogP contribution < -0.4 is 5.32 Å². The van der Waals surface area contributed by atoms with E-state index < -0.39 is 0 Å². The van der Waals surface area contributed by atoms with Crippen LogP contribution in [0.4, 0.5) is 5.82 Å². The molecule has 0 aromatic carbocycles. The number of nitrogens with zero attached hydrogens (tertiary/aromatic N) is 4. The first-order chi connectivity index (χ1) is 8.72. The maximum absolute atomic E-state index is 4.54. The third kappa shape index (κ3) is 2.85. The Morgan fingerprint density at radius 2 is 2.11 bits per heavy atom. The SMILES string of the molecule is CCCc1nc(NCC)cc(-n2cc(C)cn2)n1. The lowest BCUT2D eigenvalue weighted by atomic mass is 10.3. The zero-order valence-corrected chi connectivity index (χ0v) is 11.1. The molecule has 2 aromatic rings. The molecule has 2 heterocycles. The smallest absolute Gasteiger partial charge is 0.159 e. The van der Waals surface area contributed by atoms with E-state index in [4.69, 9.17) is 0 Å². The predicted octanol–water partition coefficient (Wildman–Crippen LogP) is 2.36. The Labute approximate surface area is 107 Å². The highest BCUT2D eigenvalue weighted by atomic mass is 15.3. The molecular formula is C13H19N5. The summed E-state index contributed by atoms with van der Waals surface area (Å²) in [6.07, 6.45) is 5.71. The lowest BCUT2D eigenvalue weighted by molar-refractivity contribution is 0.785. The van der Waals surface area contributed by atoms with Gasteiger partial charge in [-0.1, -0.05) is 6.92 Å². The van der Waals surface area contributed by atoms with Gasteiger partial charge in [-0.15, -0.1) is 0 Å². The molecule has 0 saturated heterocycles. The fraction of sp³-hybridized carbons (Fsp3) is 0.462. The van der Waals surface area contributed by atoms with Crippen LogP contribution in [0.2, 0.25) is 0 Å². The van der Waals surface area contributed by atoms with Crippen molar-refractivity contribution in [2.24, 2.45) is 0 Å². The Kier molecular flexibility index (Phi) is 3.92. The highest BCUT2D eigenvalue weighted by Gasteiger charge is 2.06. The van der Waals surface area contributed by atoms with Crippen LogP contribution in [0.5, 0.6) is 0 Å². The van der Waals surface area contributed by atoms with Crippen LogP contribution in [0.25, 0.3) is 5.82 Å². The van der Waals surface area contributed by atoms with Crippen LogP contribution in [0.1, 0.15) is 31.7 Å². The van der Waals surface area contributed by atoms with Crippen molar-refractivity contribution in [1.29, 1.82) is 0 Å². The number of hydrogen-bond donors (Lipinski definition) is 1. The molecule has 0 amide bonds. The zero-order chi connectivity index (χ0) is 13.0. The summed E-state index contributed by atoms with van der Waals surface area (Å²) in [5.41, 5.74) is 1.12. The fourth-order valence-electron chi connectivity index (χ4n) is 1.75. The van der Waals surface area contributed by atoms with Crippen LogP contribution in [0, 0.1) is 6.92 Å². The molecule has 0 radical (unpaired) electrons. The highest BCUT2D eigenvalue weighted by Crippen LogP contribution is 2.12. The fourth-order valence-corrected chi connectivity index (χ4v) is 1.75. The van der Waals surface area contributed by atoms with Gasteiger partial charge in [-0.25, -0.2) is 14.6 Å². The van der Waals surface area contributed by atoms with Crippen molar-refractivity contribution in [2.75, 3.05) is 11.9 Å². The first kappa shape index (κ1) is 12.5. The number of aromatic nitrogens is 4. The minimum atomic E-state index is 0.817. The van der Waals surface area contributed by atoms with Gasteiger partial charge in [0.25, 0.3) is 0 Å². The number of rotatable bonds is 5. The van der Waals surface area contributed by atoms with E-state index in [1.165, 1.54) is 0 Å². The standard InChI is InChI=1S/C13H19N5/c1-4-6-11-16-12(14-5-2)7-13(17-11)18-9-10(3)8-15-18/h7-9H,4-6H2,1-3H3,(H,14,16,17). The normalized spacial score (nSPS) is 10.6. The molecule has 96 valence electrons. The molecule has 0 fully saturated rings. The second-order valence-electron chi connectivity index (χ2n) is 4.27. The topological polar surface area (TPSA) is 55.6 Å². The molecule has 18 heavy (non-hydrogen) atoms. The molecule has 2 aromatic heterocycles. The Morgan fingerprint density at radius 1 is 1.28 bits per heavy atom. The summed E-state index contributed by atoms with van der Waals surface area (Å²) in [6.45, 7) is 7.04. The number of nitrogens with one attached hydrogen (secondary N) is 1. The van der Waals surface area contributed by atoms with E-state index in [0.717, 1.165) is 42.4 Å². The Balaban J connectivity index is 2.39. The second kappa shape index (κ2) is 5.62. The summed E-state index contributed by atoms with van der Waals surface area (Å²) in [7, 11) is 0. The van der Waals surface area contributed by atoms with Gasteiger partial charge in [-0.2, -0.15) is 5.10 Å². The van der Waals surface area contributed by atoms with Gasteiger partial charge < -0.3 is 5.32 Å². The van der Waals surface area contributed by atoms with Gasteiger partial charge in [0.1, 0.15) is 11.6 Å². The molecule has 0 saturated carbocycles. The summed E-state index contributed by atoms with van der Waals surface area (Å²) in [5, 5.41) is 7.52. The van der Waals surface area contributed by atoms with E-state index in [2.05, 4.69) is 34.2 Å². The molecule has 0 aliphatic rings. The molecule has 0 aliphatic carbocycles. The van der Waals surface area contributed by atoms with Crippen molar-refractivity contribution in [3.8, 4) is 5.82 Å². The molecule has 1 N–H and O–H groups in total. The quantitative estimate of drug-likeness (QED) is 0.878. The Hall–Kier alpha value is -1.91. The van der Waals surface area contributed by atoms with Gasteiger partial charge in [0.15, 0.2) is 5.82 Å². The molecule has 5 heteroatoms. The highest BCUT2D eigenvalue weighted by molar-refractivity contribution is 5.41. The summed E-state index contributed by atoms with van der Waals surface area (Å²) < 4.78 is 1.79. The van der Waals surface area contributed by atoms with Crippen molar-refractivity contribution < 1.29 is 0 Å². The van der Waals surface area contributed by atoms with Gasteiger partial charge >= 0.3 is 0 Å². The third-order valence-corrected chi connectivity index (χ3v) is 2.54. The van der Waals surface area contributed by atoms with Gasteiger partial charge in [0, 0.05) is 25.2 Å². The van der Waals surface area contributed by atoms with Gasteiger partial charge in [-0.3, -0.25) is 0 Å². The molecule has 0 unspecified atom stereocenters. The average Bonchev–Trinajstić information content (AvgIpc) is 2.76. The van der Waals surface area contributed by atoms with E-state index in [0.29, 0.717) is 0 Å². The minimum Gasteiger partial charge on any atom is -0.370 e. The van der Waals surface area contributed by atoms with Crippen LogP contribution in [0.3, 0.4) is 0 Å². The molecule has 0 aliphatic heterocycles. The van der Waals surface area contributed by atoms with Crippen molar-refractivity contribution in [3.63, 3.8) is 0 Å². The predicted molar refractivity (Wildman–Crippen MR) is 72.0 cm³/mol. The molecule has 2 rings (SSSR count). The lowest BCUT2D eigenvalue weighted by Crippen LogP contribution is -2.08. The Bertz CT molecular complexity index is 494. The van der Waals surface area contributed by atoms with Crippen molar-refractivity contribution >= 4 is 5.82 Å². The van der Waals surface area contributed by atoms with Crippen LogP contribution in [-0.2, 0) is 6.42 Å². The second-order valence-corrected chi connectivity index (χ2v) is 4.27. The average molecular weight is 245 g/mol. The summed E-state index contributed by atoms with van der Waals surface area (Å²) in [4.78, 5) is 9.02. The molecule has 5 nitrogen and oxygen atoms in total. The van der Waals surface area contributed by atoms with Crippen molar-refractivity contribution in [3.05, 3.63) is 29.8 Å². The van der Waals surface area contributed by atoms with Gasteiger partial charge in [0.05, 0.1) is 6.20 Å². The minimum absolute atomic E-state index is 0.817. The van der Waals surface area contributed by atoms with Crippen LogP contribution in [0.15, 0.2) is 18.5 Å². The Morgan fingerprint density at radius 3 is 2.72 bits per heavy atom. The summed E-state index contributed by atoms with van der Waals surface area (Å²) >= 11 is 0. The van der Waals surface area contributed by atoms with Gasteiger partial charge in [-0.05, 0) is 25.8 Å². The largest absolute Gasteiger partial charge is 0.370 e. The molecule has 0 atom stereocenters. The summed E-state index contributed by atoms with van der Waals surface area (Å²) in [5.74, 6) is 2.54.